The van der Waals surface area contributed by atoms with Gasteiger partial charge in [-0.25, -0.2) is 0 Å². The number of furan rings is 1. The Hall–Kier alpha value is -1.33. The number of carbonyl (C=O) groups excluding carboxylic acids is 1. The van der Waals surface area contributed by atoms with E-state index in [0.29, 0.717) is 0 Å². The van der Waals surface area contributed by atoms with Crippen LogP contribution in [0.2, 0.25) is 0 Å². The minimum atomic E-state index is 0.165. The molecule has 0 radical (unpaired) electrons. The second-order valence-corrected chi connectivity index (χ2v) is 6.18. The Morgan fingerprint density at radius 2 is 2.20 bits per heavy atom. The maximum Gasteiger partial charge on any atom is 0.248 e. The van der Waals surface area contributed by atoms with E-state index in [4.69, 9.17) is 9.15 Å². The Morgan fingerprint density at radius 1 is 1.30 bits per heavy atom. The zero-order chi connectivity index (χ0) is 13.5. The third-order valence-corrected chi connectivity index (χ3v) is 4.57. The van der Waals surface area contributed by atoms with Crippen LogP contribution in [-0.2, 0) is 16.1 Å². The van der Waals surface area contributed by atoms with Crippen LogP contribution in [0.3, 0.4) is 0 Å². The van der Waals surface area contributed by atoms with Crippen LogP contribution in [0.5, 0.6) is 0 Å². The number of ether oxygens (including phenoxy) is 1. The molecule has 0 spiro atoms. The van der Waals surface area contributed by atoms with E-state index < -0.39 is 0 Å². The number of hydrogen-bond donors (Lipinski definition) is 0. The van der Waals surface area contributed by atoms with Gasteiger partial charge in [0.1, 0.15) is 12.4 Å². The lowest BCUT2D eigenvalue weighted by Crippen LogP contribution is -2.54. The van der Waals surface area contributed by atoms with Gasteiger partial charge >= 0.3 is 0 Å². The zero-order valence-electron chi connectivity index (χ0n) is 11.5. The number of morpholine rings is 1. The monoisotopic (exact) mass is 276 g/mol. The van der Waals surface area contributed by atoms with Gasteiger partial charge in [-0.3, -0.25) is 9.69 Å². The molecule has 2 saturated heterocycles. The molecule has 5 heteroatoms. The maximum absolute atomic E-state index is 12.1. The Kier molecular flexibility index (Phi) is 3.04. The molecule has 2 aliphatic heterocycles. The van der Waals surface area contributed by atoms with Gasteiger partial charge in [0.2, 0.25) is 5.91 Å². The van der Waals surface area contributed by atoms with Crippen LogP contribution in [0.15, 0.2) is 22.8 Å². The highest BCUT2D eigenvalue weighted by Crippen LogP contribution is 2.33. The Labute approximate surface area is 118 Å². The molecule has 0 N–H and O–H groups in total. The largest absolute Gasteiger partial charge is 0.468 e. The molecule has 2 atom stereocenters. The van der Waals surface area contributed by atoms with Crippen LogP contribution >= 0.6 is 0 Å². The molecule has 3 heterocycles. The van der Waals surface area contributed by atoms with Gasteiger partial charge in [-0.05, 0) is 30.9 Å². The average Bonchev–Trinajstić information content (AvgIpc) is 2.95. The summed E-state index contributed by atoms with van der Waals surface area (Å²) in [5.41, 5.74) is 0. The van der Waals surface area contributed by atoms with Gasteiger partial charge in [-0.2, -0.15) is 0 Å². The lowest BCUT2D eigenvalue weighted by molar-refractivity contribution is -0.153. The summed E-state index contributed by atoms with van der Waals surface area (Å²) in [5, 5.41) is 0. The SMILES string of the molecule is O=C1CO[C@H]2CN(Cc3ccco3)C[C@H]2N1CC1CC1. The Bertz CT molecular complexity index is 483. The van der Waals surface area contributed by atoms with Crippen LogP contribution in [-0.4, -0.2) is 54.1 Å². The van der Waals surface area contributed by atoms with Crippen LogP contribution in [0.4, 0.5) is 0 Å². The van der Waals surface area contributed by atoms with Crippen LogP contribution < -0.4 is 0 Å². The standard InChI is InChI=1S/C15H20N2O3/c18-15-10-20-14-9-16(7-12-2-1-5-19-12)8-13(14)17(15)6-11-3-4-11/h1-2,5,11,13-14H,3-4,6-10H2/t13-,14+/m1/s1. The molecule has 4 rings (SSSR count). The highest BCUT2D eigenvalue weighted by Gasteiger charge is 2.44. The summed E-state index contributed by atoms with van der Waals surface area (Å²) in [4.78, 5) is 16.5. The Balaban J connectivity index is 1.44. The second kappa shape index (κ2) is 4.90. The van der Waals surface area contributed by atoms with Crippen molar-refractivity contribution in [2.75, 3.05) is 26.2 Å². The smallest absolute Gasteiger partial charge is 0.248 e. The van der Waals surface area contributed by atoms with Crippen molar-refractivity contribution in [1.29, 1.82) is 0 Å². The number of fused-ring (bicyclic) bond motifs is 1. The predicted octanol–water partition coefficient (Wildman–Crippen LogP) is 1.10. The van der Waals surface area contributed by atoms with Crippen LogP contribution in [0.25, 0.3) is 0 Å². The molecule has 3 fully saturated rings. The highest BCUT2D eigenvalue weighted by atomic mass is 16.5. The molecule has 0 aromatic carbocycles. The van der Waals surface area contributed by atoms with Crippen molar-refractivity contribution in [3.8, 4) is 0 Å². The van der Waals surface area contributed by atoms with E-state index in [2.05, 4.69) is 9.80 Å². The van der Waals surface area contributed by atoms with E-state index in [9.17, 15) is 4.79 Å². The third kappa shape index (κ3) is 2.36. The lowest BCUT2D eigenvalue weighted by atomic mass is 10.1. The van der Waals surface area contributed by atoms with E-state index in [-0.39, 0.29) is 24.7 Å². The fourth-order valence-corrected chi connectivity index (χ4v) is 3.31. The first-order valence-corrected chi connectivity index (χ1v) is 7.45. The fourth-order valence-electron chi connectivity index (χ4n) is 3.31. The van der Waals surface area contributed by atoms with E-state index in [0.717, 1.165) is 37.9 Å². The average molecular weight is 276 g/mol. The summed E-state index contributed by atoms with van der Waals surface area (Å²) in [7, 11) is 0. The number of likely N-dealkylation sites (tertiary alicyclic amines) is 1. The van der Waals surface area contributed by atoms with E-state index in [1.54, 1.807) is 6.26 Å². The van der Waals surface area contributed by atoms with Crippen molar-refractivity contribution in [1.82, 2.24) is 9.80 Å². The first-order valence-electron chi connectivity index (χ1n) is 7.45. The first kappa shape index (κ1) is 12.4. The summed E-state index contributed by atoms with van der Waals surface area (Å²) in [6.45, 7) is 3.76. The summed E-state index contributed by atoms with van der Waals surface area (Å²) in [5.74, 6) is 1.87. The van der Waals surface area contributed by atoms with Gasteiger partial charge in [0, 0.05) is 19.6 Å². The third-order valence-electron chi connectivity index (χ3n) is 4.57. The number of hydrogen-bond acceptors (Lipinski definition) is 4. The summed E-state index contributed by atoms with van der Waals surface area (Å²) < 4.78 is 11.1. The van der Waals surface area contributed by atoms with Gasteiger partial charge < -0.3 is 14.1 Å². The van der Waals surface area contributed by atoms with Crippen molar-refractivity contribution >= 4 is 5.91 Å². The molecule has 1 amide bonds. The predicted molar refractivity (Wildman–Crippen MR) is 72.0 cm³/mol. The van der Waals surface area contributed by atoms with Gasteiger partial charge in [-0.15, -0.1) is 0 Å². The van der Waals surface area contributed by atoms with Crippen molar-refractivity contribution in [2.24, 2.45) is 5.92 Å². The van der Waals surface area contributed by atoms with Crippen molar-refractivity contribution in [3.05, 3.63) is 24.2 Å². The van der Waals surface area contributed by atoms with Crippen molar-refractivity contribution in [3.63, 3.8) is 0 Å². The van der Waals surface area contributed by atoms with Gasteiger partial charge in [-0.1, -0.05) is 0 Å². The molecule has 3 aliphatic rings. The molecule has 108 valence electrons. The number of rotatable bonds is 4. The molecule has 1 saturated carbocycles. The molecular weight excluding hydrogens is 256 g/mol. The summed E-state index contributed by atoms with van der Waals surface area (Å²) >= 11 is 0. The van der Waals surface area contributed by atoms with Crippen molar-refractivity contribution in [2.45, 2.75) is 31.5 Å². The summed E-state index contributed by atoms with van der Waals surface area (Å²) in [6.07, 6.45) is 4.43. The van der Waals surface area contributed by atoms with E-state index in [1.165, 1.54) is 12.8 Å². The van der Waals surface area contributed by atoms with Crippen molar-refractivity contribution < 1.29 is 13.9 Å². The molecule has 20 heavy (non-hydrogen) atoms. The lowest BCUT2D eigenvalue weighted by Gasteiger charge is -2.36. The minimum absolute atomic E-state index is 0.165. The highest BCUT2D eigenvalue weighted by molar-refractivity contribution is 5.78. The molecule has 1 aromatic rings. The first-order chi connectivity index (χ1) is 9.79. The number of carbonyl (C=O) groups is 1. The zero-order valence-corrected chi connectivity index (χ0v) is 11.5. The topological polar surface area (TPSA) is 45.9 Å². The van der Waals surface area contributed by atoms with Crippen LogP contribution in [0.1, 0.15) is 18.6 Å². The molecule has 0 bridgehead atoms. The molecule has 1 aromatic heterocycles. The van der Waals surface area contributed by atoms with Gasteiger partial charge in [0.25, 0.3) is 0 Å². The normalized spacial score (nSPS) is 30.8. The maximum atomic E-state index is 12.1. The van der Waals surface area contributed by atoms with E-state index in [1.807, 2.05) is 12.1 Å². The number of nitrogens with zero attached hydrogens (tertiary/aromatic N) is 2. The molecule has 0 unspecified atom stereocenters. The molecular formula is C15H20N2O3. The Morgan fingerprint density at radius 3 is 2.95 bits per heavy atom. The van der Waals surface area contributed by atoms with E-state index >= 15 is 0 Å². The quantitative estimate of drug-likeness (QED) is 0.826. The molecule has 1 aliphatic carbocycles. The fraction of sp³-hybridized carbons (Fsp3) is 0.667. The second-order valence-electron chi connectivity index (χ2n) is 6.18. The van der Waals surface area contributed by atoms with Gasteiger partial charge in [0.15, 0.2) is 0 Å². The number of amides is 1. The van der Waals surface area contributed by atoms with Crippen LogP contribution in [0, 0.1) is 5.92 Å². The molecule has 5 nitrogen and oxygen atoms in total. The summed E-state index contributed by atoms with van der Waals surface area (Å²) in [6, 6.07) is 4.14. The van der Waals surface area contributed by atoms with Gasteiger partial charge in [0.05, 0.1) is 25.0 Å². The minimum Gasteiger partial charge on any atom is -0.468 e.